The Balaban J connectivity index is -0.000000360. The van der Waals surface area contributed by atoms with Gasteiger partial charge in [0, 0.05) is 18.3 Å². The zero-order valence-electron chi connectivity index (χ0n) is 19.7. The number of carboxylic acids is 2. The lowest BCUT2D eigenvalue weighted by molar-refractivity contribution is -0.138. The Morgan fingerprint density at radius 2 is 0.966 bits per heavy atom. The lowest BCUT2D eigenvalue weighted by Gasteiger charge is -2.16. The van der Waals surface area contributed by atoms with Crippen LogP contribution in [0.2, 0.25) is 0 Å². The Kier molecular flexibility index (Phi) is 24.2. The predicted octanol–water partition coefficient (Wildman–Crippen LogP) is 5.35. The van der Waals surface area contributed by atoms with Crippen molar-refractivity contribution in [1.82, 2.24) is 0 Å². The van der Waals surface area contributed by atoms with E-state index < -0.39 is 11.9 Å². The van der Waals surface area contributed by atoms with Crippen LogP contribution in [0.3, 0.4) is 0 Å². The van der Waals surface area contributed by atoms with E-state index in [9.17, 15) is 9.59 Å². The first-order chi connectivity index (χ1) is 13.4. The first-order valence-corrected chi connectivity index (χ1v) is 11.0. The summed E-state index contributed by atoms with van der Waals surface area (Å²) in [5, 5.41) is 33.5. The van der Waals surface area contributed by atoms with E-state index in [0.717, 1.165) is 37.5 Å². The standard InChI is InChI=1S/2C9H18O2.C5H12O2/c2*1-8(2)6-4-3-5-7-9(10)11;1-5(2,3-6)4-7/h2*8H,3-7H2,1-2H3,(H,10,11);6-7H,3-4H2,1-2H3. The van der Waals surface area contributed by atoms with Crippen molar-refractivity contribution in [3.8, 4) is 0 Å². The van der Waals surface area contributed by atoms with Crippen LogP contribution in [-0.2, 0) is 9.59 Å². The van der Waals surface area contributed by atoms with Crippen LogP contribution in [0.5, 0.6) is 0 Å². The molecule has 0 aliphatic heterocycles. The molecule has 6 nitrogen and oxygen atoms in total. The van der Waals surface area contributed by atoms with E-state index in [2.05, 4.69) is 27.7 Å². The highest BCUT2D eigenvalue weighted by atomic mass is 16.4. The summed E-state index contributed by atoms with van der Waals surface area (Å²) in [5.41, 5.74) is -0.306. The lowest BCUT2D eigenvalue weighted by Crippen LogP contribution is -2.20. The van der Waals surface area contributed by atoms with E-state index in [1.807, 2.05) is 0 Å². The number of carboxylic acid groups (broad SMARTS) is 2. The van der Waals surface area contributed by atoms with E-state index >= 15 is 0 Å². The summed E-state index contributed by atoms with van der Waals surface area (Å²) in [7, 11) is 0. The molecule has 0 unspecified atom stereocenters. The van der Waals surface area contributed by atoms with Crippen LogP contribution in [0.4, 0.5) is 0 Å². The van der Waals surface area contributed by atoms with Crippen LogP contribution in [0, 0.1) is 17.3 Å². The smallest absolute Gasteiger partial charge is 0.303 e. The van der Waals surface area contributed by atoms with Gasteiger partial charge in [0.25, 0.3) is 0 Å². The molecule has 0 bridgehead atoms. The second-order valence-corrected chi connectivity index (χ2v) is 9.25. The fourth-order valence-corrected chi connectivity index (χ4v) is 2.06. The van der Waals surface area contributed by atoms with E-state index in [1.165, 1.54) is 25.7 Å². The summed E-state index contributed by atoms with van der Waals surface area (Å²) >= 11 is 0. The number of rotatable bonds is 14. The maximum atomic E-state index is 10.1. The van der Waals surface area contributed by atoms with Crippen molar-refractivity contribution >= 4 is 11.9 Å². The lowest BCUT2D eigenvalue weighted by atomic mass is 9.97. The van der Waals surface area contributed by atoms with Gasteiger partial charge in [-0.15, -0.1) is 0 Å². The SMILES string of the molecule is CC(C)(CO)CO.CC(C)CCCCCC(=O)O.CC(C)CCCCCC(=O)O. The second kappa shape index (κ2) is 21.6. The molecule has 0 saturated carbocycles. The minimum atomic E-state index is -0.672. The minimum Gasteiger partial charge on any atom is -0.481 e. The van der Waals surface area contributed by atoms with Crippen molar-refractivity contribution in [3.63, 3.8) is 0 Å². The van der Waals surface area contributed by atoms with Crippen LogP contribution in [0.25, 0.3) is 0 Å². The third-order valence-electron chi connectivity index (χ3n) is 4.20. The van der Waals surface area contributed by atoms with Gasteiger partial charge in [0.05, 0.1) is 13.2 Å². The normalized spacial score (nSPS) is 10.8. The van der Waals surface area contributed by atoms with Gasteiger partial charge in [-0.2, -0.15) is 0 Å². The van der Waals surface area contributed by atoms with Crippen LogP contribution in [0.1, 0.15) is 106 Å². The fourth-order valence-electron chi connectivity index (χ4n) is 2.06. The molecule has 0 aliphatic carbocycles. The van der Waals surface area contributed by atoms with Gasteiger partial charge < -0.3 is 20.4 Å². The number of hydrogen-bond acceptors (Lipinski definition) is 4. The maximum Gasteiger partial charge on any atom is 0.303 e. The molecule has 0 aliphatic rings. The highest BCUT2D eigenvalue weighted by molar-refractivity contribution is 5.66. The third kappa shape index (κ3) is 38.1. The van der Waals surface area contributed by atoms with Gasteiger partial charge in [-0.05, 0) is 24.7 Å². The van der Waals surface area contributed by atoms with Crippen LogP contribution in [0.15, 0.2) is 0 Å². The van der Waals surface area contributed by atoms with Crippen molar-refractivity contribution < 1.29 is 30.0 Å². The molecule has 6 heteroatoms. The van der Waals surface area contributed by atoms with Gasteiger partial charge in [0.15, 0.2) is 0 Å². The number of hydrogen-bond donors (Lipinski definition) is 4. The zero-order valence-corrected chi connectivity index (χ0v) is 19.7. The second-order valence-electron chi connectivity index (χ2n) is 9.25. The molecule has 0 aromatic carbocycles. The number of carbonyl (C=O) groups is 2. The van der Waals surface area contributed by atoms with Crippen molar-refractivity contribution in [3.05, 3.63) is 0 Å². The van der Waals surface area contributed by atoms with E-state index in [4.69, 9.17) is 20.4 Å². The molecule has 29 heavy (non-hydrogen) atoms. The van der Waals surface area contributed by atoms with Gasteiger partial charge in [0.2, 0.25) is 0 Å². The Bertz CT molecular complexity index is 344. The van der Waals surface area contributed by atoms with Gasteiger partial charge in [0.1, 0.15) is 0 Å². The van der Waals surface area contributed by atoms with Crippen LogP contribution >= 0.6 is 0 Å². The Morgan fingerprint density at radius 1 is 0.655 bits per heavy atom. The van der Waals surface area contributed by atoms with Gasteiger partial charge in [-0.3, -0.25) is 9.59 Å². The Morgan fingerprint density at radius 3 is 1.14 bits per heavy atom. The molecule has 0 heterocycles. The number of aliphatic carboxylic acids is 2. The number of aliphatic hydroxyl groups excluding tert-OH is 2. The van der Waals surface area contributed by atoms with Gasteiger partial charge in [-0.25, -0.2) is 0 Å². The average Bonchev–Trinajstić information content (AvgIpc) is 2.61. The summed E-state index contributed by atoms with van der Waals surface area (Å²) in [6.07, 6.45) is 9.24. The van der Waals surface area contributed by atoms with Crippen molar-refractivity contribution in [2.45, 2.75) is 106 Å². The molecule has 0 amide bonds. The minimum absolute atomic E-state index is 0.0451. The summed E-state index contributed by atoms with van der Waals surface area (Å²) in [6, 6.07) is 0. The van der Waals surface area contributed by atoms with Crippen molar-refractivity contribution in [1.29, 1.82) is 0 Å². The van der Waals surface area contributed by atoms with Crippen molar-refractivity contribution in [2.24, 2.45) is 17.3 Å². The third-order valence-corrected chi connectivity index (χ3v) is 4.20. The molecule has 0 spiro atoms. The summed E-state index contributed by atoms with van der Waals surface area (Å²) in [4.78, 5) is 20.2. The van der Waals surface area contributed by atoms with E-state index in [-0.39, 0.29) is 18.6 Å². The van der Waals surface area contributed by atoms with Gasteiger partial charge in [-0.1, -0.05) is 80.1 Å². The number of aliphatic hydroxyl groups is 2. The quantitative estimate of drug-likeness (QED) is 0.281. The zero-order chi connectivity index (χ0) is 23.3. The highest BCUT2D eigenvalue weighted by Gasteiger charge is 2.13. The largest absolute Gasteiger partial charge is 0.481 e. The molecule has 0 aromatic rings. The molecule has 0 rings (SSSR count). The summed E-state index contributed by atoms with van der Waals surface area (Å²) in [5.74, 6) is 0.156. The fraction of sp³-hybridized carbons (Fsp3) is 0.913. The van der Waals surface area contributed by atoms with Crippen LogP contribution < -0.4 is 0 Å². The molecule has 0 saturated heterocycles. The van der Waals surface area contributed by atoms with E-state index in [0.29, 0.717) is 12.8 Å². The topological polar surface area (TPSA) is 115 Å². The molecule has 0 aromatic heterocycles. The number of unbranched alkanes of at least 4 members (excludes halogenated alkanes) is 4. The first kappa shape index (κ1) is 32.5. The Hall–Kier alpha value is -1.14. The maximum absolute atomic E-state index is 10.1. The van der Waals surface area contributed by atoms with Gasteiger partial charge >= 0.3 is 11.9 Å². The summed E-state index contributed by atoms with van der Waals surface area (Å²) in [6.45, 7) is 12.5. The molecular formula is C23H48O6. The Labute approximate surface area is 178 Å². The molecule has 0 radical (unpaired) electrons. The van der Waals surface area contributed by atoms with Crippen molar-refractivity contribution in [2.75, 3.05) is 13.2 Å². The van der Waals surface area contributed by atoms with E-state index in [1.54, 1.807) is 13.8 Å². The summed E-state index contributed by atoms with van der Waals surface area (Å²) < 4.78 is 0. The predicted molar refractivity (Wildman–Crippen MR) is 119 cm³/mol. The highest BCUT2D eigenvalue weighted by Crippen LogP contribution is 2.10. The average molecular weight is 421 g/mol. The monoisotopic (exact) mass is 420 g/mol. The molecular weight excluding hydrogens is 372 g/mol. The molecule has 0 atom stereocenters. The molecule has 4 N–H and O–H groups in total. The first-order valence-electron chi connectivity index (χ1n) is 11.0. The molecule has 0 fully saturated rings. The van der Waals surface area contributed by atoms with Crippen LogP contribution in [-0.4, -0.2) is 45.6 Å². The molecule has 176 valence electrons.